The van der Waals surface area contributed by atoms with Crippen molar-refractivity contribution in [3.8, 4) is 23.0 Å². The number of aliphatic hydroxyl groups excluding tert-OH is 2. The zero-order chi connectivity index (χ0) is 44.0. The van der Waals surface area contributed by atoms with Crippen LogP contribution in [0.25, 0.3) is 10.8 Å². The average Bonchev–Trinajstić information content (AvgIpc) is 3.27. The normalized spacial score (nSPS) is 23.4. The van der Waals surface area contributed by atoms with E-state index in [1.165, 1.54) is 7.11 Å². The number of ether oxygens (including phenoxy) is 4. The van der Waals surface area contributed by atoms with Crippen LogP contribution in [-0.2, 0) is 9.57 Å². The molecule has 0 radical (unpaired) electrons. The molecule has 11 nitrogen and oxygen atoms in total. The fraction of sp³-hybridized carbons (Fsp3) is 0.431. The van der Waals surface area contributed by atoms with E-state index in [0.717, 1.165) is 59.6 Å². The summed E-state index contributed by atoms with van der Waals surface area (Å²) in [5.74, 6) is -0.125. The van der Waals surface area contributed by atoms with Crippen molar-refractivity contribution in [2.75, 3.05) is 34.0 Å². The molecule has 1 heterocycles. The van der Waals surface area contributed by atoms with Crippen molar-refractivity contribution < 1.29 is 43.6 Å². The van der Waals surface area contributed by atoms with Crippen LogP contribution in [-0.4, -0.2) is 84.4 Å². The van der Waals surface area contributed by atoms with Crippen LogP contribution in [0.2, 0.25) is 0 Å². The van der Waals surface area contributed by atoms with Gasteiger partial charge in [0.05, 0.1) is 30.9 Å². The Bertz CT molecular complexity index is 2310. The third kappa shape index (κ3) is 9.16. The minimum Gasteiger partial charge on any atom is -0.496 e. The summed E-state index contributed by atoms with van der Waals surface area (Å²) in [6.45, 7) is 10.2. The number of methoxy groups -OCH3 is 1. The van der Waals surface area contributed by atoms with Gasteiger partial charge in [0, 0.05) is 43.7 Å². The second kappa shape index (κ2) is 19.3. The molecule has 4 aromatic rings. The van der Waals surface area contributed by atoms with E-state index >= 15 is 0 Å². The summed E-state index contributed by atoms with van der Waals surface area (Å²) in [5, 5.41) is 26.8. The molecule has 6 unspecified atom stereocenters. The summed E-state index contributed by atoms with van der Waals surface area (Å²) in [4.78, 5) is 34.8. The summed E-state index contributed by atoms with van der Waals surface area (Å²) in [6.07, 6.45) is 9.59. The Labute approximate surface area is 365 Å². The van der Waals surface area contributed by atoms with Crippen molar-refractivity contribution >= 4 is 28.7 Å². The van der Waals surface area contributed by atoms with Gasteiger partial charge in [-0.2, -0.15) is 0 Å². The molecule has 2 N–H and O–H groups in total. The highest BCUT2D eigenvalue weighted by Crippen LogP contribution is 2.62. The van der Waals surface area contributed by atoms with Gasteiger partial charge in [-0.05, 0) is 123 Å². The Balaban J connectivity index is 1.43. The van der Waals surface area contributed by atoms with Gasteiger partial charge in [-0.3, -0.25) is 9.59 Å². The van der Waals surface area contributed by atoms with Crippen LogP contribution in [0.4, 0.5) is 0 Å². The van der Waals surface area contributed by atoms with Gasteiger partial charge < -0.3 is 38.9 Å². The van der Waals surface area contributed by atoms with Crippen LogP contribution >= 0.6 is 0 Å². The van der Waals surface area contributed by atoms with Crippen LogP contribution in [0.15, 0.2) is 108 Å². The van der Waals surface area contributed by atoms with E-state index in [9.17, 15) is 19.8 Å². The van der Waals surface area contributed by atoms with E-state index in [2.05, 4.69) is 12.7 Å². The Kier molecular flexibility index (Phi) is 13.9. The molecule has 1 aliphatic heterocycles. The Morgan fingerprint density at radius 3 is 2.39 bits per heavy atom. The number of unbranched alkanes of at least 4 members (excludes halogenated alkanes) is 2. The highest BCUT2D eigenvalue weighted by atomic mass is 16.7. The predicted octanol–water partition coefficient (Wildman–Crippen LogP) is 9.66. The fourth-order valence-electron chi connectivity index (χ4n) is 9.65. The maximum absolute atomic E-state index is 14.9. The van der Waals surface area contributed by atoms with Crippen LogP contribution in [0.3, 0.4) is 0 Å². The first-order valence-electron chi connectivity index (χ1n) is 21.8. The number of amides is 1. The lowest BCUT2D eigenvalue weighted by Gasteiger charge is -2.59. The molecule has 0 spiro atoms. The van der Waals surface area contributed by atoms with Gasteiger partial charge in [0.25, 0.3) is 5.91 Å². The maximum atomic E-state index is 14.9. The standard InChI is InChI=1S/C51H60N2O9/c1-7-26-59-51-46(53(5)49(57)36-19-18-33-14-8-9-15-34(33)27-36)31-43(52-62-50(2,3)4)41-29-35(16-10-12-24-54)40(17-11-13-25-55)47(48(41)51)42-30-39(21-23-45(42)61-51)60-38-20-22-44(58-6)37(28-38)32-56/h7-9,14-15,18-23,27-30,32,35,40,46-48,54-55H,1,10-13,16-17,24-26,31H2,2-6H3. The molecule has 0 bridgehead atoms. The zero-order valence-electron chi connectivity index (χ0n) is 36.5. The van der Waals surface area contributed by atoms with Gasteiger partial charge >= 0.3 is 0 Å². The third-order valence-electron chi connectivity index (χ3n) is 12.4. The number of likely N-dealkylation sites (N-methyl/N-ethyl adjacent to an activating group) is 1. The second-order valence-electron chi connectivity index (χ2n) is 17.6. The van der Waals surface area contributed by atoms with Gasteiger partial charge in [0.15, 0.2) is 6.29 Å². The molecule has 1 saturated carbocycles. The molecule has 0 saturated heterocycles. The van der Waals surface area contributed by atoms with Crippen molar-refractivity contribution in [1.29, 1.82) is 0 Å². The largest absolute Gasteiger partial charge is 0.496 e. The Morgan fingerprint density at radius 2 is 1.68 bits per heavy atom. The van der Waals surface area contributed by atoms with Crippen molar-refractivity contribution in [2.45, 2.75) is 89.1 Å². The first kappa shape index (κ1) is 44.6. The highest BCUT2D eigenvalue weighted by Gasteiger charge is 2.65. The number of oxime groups is 1. The Morgan fingerprint density at radius 1 is 0.952 bits per heavy atom. The minimum atomic E-state index is -1.40. The molecule has 3 aliphatic rings. The monoisotopic (exact) mass is 844 g/mol. The molecular weight excluding hydrogens is 785 g/mol. The number of fused-ring (bicyclic) bond motifs is 3. The molecule has 2 aliphatic carbocycles. The minimum absolute atomic E-state index is 0.0336. The van der Waals surface area contributed by atoms with E-state index in [4.69, 9.17) is 28.9 Å². The van der Waals surface area contributed by atoms with E-state index in [0.29, 0.717) is 47.0 Å². The first-order chi connectivity index (χ1) is 29.9. The number of rotatable bonds is 18. The highest BCUT2D eigenvalue weighted by molar-refractivity contribution is 6.04. The number of aliphatic hydroxyl groups is 2. The summed E-state index contributed by atoms with van der Waals surface area (Å²) in [7, 11) is 3.33. The van der Waals surface area contributed by atoms with Crippen LogP contribution in [0.1, 0.15) is 97.9 Å². The van der Waals surface area contributed by atoms with Crippen molar-refractivity contribution in [3.63, 3.8) is 0 Å². The molecule has 62 heavy (non-hydrogen) atoms. The third-order valence-corrected chi connectivity index (χ3v) is 12.4. The molecule has 6 atom stereocenters. The van der Waals surface area contributed by atoms with Gasteiger partial charge in [0.2, 0.25) is 5.79 Å². The van der Waals surface area contributed by atoms with Crippen LogP contribution in [0, 0.1) is 17.8 Å². The van der Waals surface area contributed by atoms with Crippen molar-refractivity contribution in [1.82, 2.24) is 4.90 Å². The topological polar surface area (TPSA) is 136 Å². The number of carbonyl (C=O) groups excluding carboxylic acids is 2. The number of hydrogen-bond acceptors (Lipinski definition) is 10. The molecule has 0 aromatic heterocycles. The summed E-state index contributed by atoms with van der Waals surface area (Å²) >= 11 is 0. The van der Waals surface area contributed by atoms with Gasteiger partial charge in [-0.1, -0.05) is 60.5 Å². The average molecular weight is 845 g/mol. The van der Waals surface area contributed by atoms with Crippen LogP contribution < -0.4 is 14.2 Å². The van der Waals surface area contributed by atoms with E-state index in [-0.39, 0.29) is 49.9 Å². The van der Waals surface area contributed by atoms with Gasteiger partial charge in [-0.15, -0.1) is 6.58 Å². The fourth-order valence-corrected chi connectivity index (χ4v) is 9.65. The number of aldehydes is 1. The SMILES string of the molecule is C=CCOC12Oc3ccc(Oc4ccc(OC)c(C=O)c4)cc3C3C(CCCCO)C(CCCCO)C=C(C(=NOC(C)(C)C)CC1N(C)C(=O)c1ccc4ccccc4c1)C32. The van der Waals surface area contributed by atoms with E-state index in [1.807, 2.05) is 88.5 Å². The zero-order valence-corrected chi connectivity index (χ0v) is 36.5. The quantitative estimate of drug-likeness (QED) is 0.0434. The molecular formula is C51H60N2O9. The van der Waals surface area contributed by atoms with E-state index < -0.39 is 23.3 Å². The first-order valence-corrected chi connectivity index (χ1v) is 21.8. The molecule has 1 amide bonds. The number of benzene rings is 4. The lowest BCUT2D eigenvalue weighted by molar-refractivity contribution is -0.252. The van der Waals surface area contributed by atoms with Crippen LogP contribution in [0.5, 0.6) is 23.0 Å². The number of carbonyl (C=O) groups is 2. The second-order valence-corrected chi connectivity index (χ2v) is 17.6. The lowest BCUT2D eigenvalue weighted by Crippen LogP contribution is -2.69. The summed E-state index contributed by atoms with van der Waals surface area (Å²) in [6, 6.07) is 23.9. The molecule has 4 aromatic carbocycles. The summed E-state index contributed by atoms with van der Waals surface area (Å²) < 4.78 is 26.2. The molecule has 11 heteroatoms. The van der Waals surface area contributed by atoms with Gasteiger partial charge in [-0.25, -0.2) is 0 Å². The number of hydrogen-bond donors (Lipinski definition) is 2. The maximum Gasteiger partial charge on any atom is 0.254 e. The summed E-state index contributed by atoms with van der Waals surface area (Å²) in [5.41, 5.74) is 2.89. The smallest absolute Gasteiger partial charge is 0.254 e. The van der Waals surface area contributed by atoms with Crippen molar-refractivity contribution in [2.24, 2.45) is 22.9 Å². The predicted molar refractivity (Wildman–Crippen MR) is 240 cm³/mol. The van der Waals surface area contributed by atoms with E-state index in [1.54, 1.807) is 29.2 Å². The molecule has 1 fully saturated rings. The molecule has 7 rings (SSSR count). The van der Waals surface area contributed by atoms with Gasteiger partial charge in [0.1, 0.15) is 34.6 Å². The lowest BCUT2D eigenvalue weighted by atomic mass is 9.55. The molecule has 328 valence electrons. The van der Waals surface area contributed by atoms with Crippen molar-refractivity contribution in [3.05, 3.63) is 120 Å². The Hall–Kier alpha value is -5.49. The number of allylic oxidation sites excluding steroid dienone is 1. The number of nitrogens with zero attached hydrogens (tertiary/aromatic N) is 2.